The van der Waals surface area contributed by atoms with E-state index in [0.29, 0.717) is 29.8 Å². The van der Waals surface area contributed by atoms with Crippen LogP contribution in [-0.2, 0) is 0 Å². The summed E-state index contributed by atoms with van der Waals surface area (Å²) in [6.07, 6.45) is 0.565. The Hall–Kier alpha value is -1.88. The number of carbonyl (C=O) groups excluding carboxylic acids is 2. The minimum Gasteiger partial charge on any atom is -0.497 e. The van der Waals surface area contributed by atoms with Crippen LogP contribution in [0.15, 0.2) is 18.2 Å². The van der Waals surface area contributed by atoms with Crippen LogP contribution in [-0.4, -0.2) is 35.9 Å². The lowest BCUT2D eigenvalue weighted by atomic mass is 9.98. The first kappa shape index (κ1) is 13.5. The number of carbonyl (C=O) groups is 2. The number of ether oxygens (including phenoxy) is 1. The highest BCUT2D eigenvalue weighted by atomic mass is 16.5. The molecule has 1 heterocycles. The van der Waals surface area contributed by atoms with Crippen LogP contribution in [0.2, 0.25) is 0 Å². The van der Waals surface area contributed by atoms with Crippen molar-refractivity contribution in [3.05, 3.63) is 29.3 Å². The number of methoxy groups -OCH3 is 1. The number of rotatable bonds is 4. The molecule has 19 heavy (non-hydrogen) atoms. The van der Waals surface area contributed by atoms with E-state index in [4.69, 9.17) is 10.5 Å². The van der Waals surface area contributed by atoms with Gasteiger partial charge in [-0.1, -0.05) is 0 Å². The molecular formula is C14H18N2O3. The second-order valence-electron chi connectivity index (χ2n) is 5.21. The third-order valence-electron chi connectivity index (χ3n) is 3.46. The third-order valence-corrected chi connectivity index (χ3v) is 3.46. The fourth-order valence-electron chi connectivity index (χ4n) is 2.36. The minimum atomic E-state index is -0.588. The highest BCUT2D eigenvalue weighted by Gasteiger charge is 2.43. The Morgan fingerprint density at radius 3 is 2.42 bits per heavy atom. The lowest BCUT2D eigenvalue weighted by molar-refractivity contribution is 0.0471. The molecule has 2 amide bonds. The van der Waals surface area contributed by atoms with Crippen LogP contribution in [0.4, 0.5) is 0 Å². The average Bonchev–Trinajstić information content (AvgIpc) is 2.61. The van der Waals surface area contributed by atoms with E-state index in [9.17, 15) is 9.59 Å². The van der Waals surface area contributed by atoms with Crippen molar-refractivity contribution in [2.24, 2.45) is 5.73 Å². The van der Waals surface area contributed by atoms with Gasteiger partial charge in [0.2, 0.25) is 0 Å². The Bertz CT molecular complexity index is 537. The van der Waals surface area contributed by atoms with Gasteiger partial charge in [-0.2, -0.15) is 0 Å². The predicted octanol–water partition coefficient (Wildman–Crippen LogP) is 1.42. The van der Waals surface area contributed by atoms with Crippen LogP contribution in [0, 0.1) is 0 Å². The number of imide groups is 1. The molecule has 0 saturated carbocycles. The van der Waals surface area contributed by atoms with Gasteiger partial charge in [0.25, 0.3) is 11.8 Å². The van der Waals surface area contributed by atoms with Gasteiger partial charge < -0.3 is 10.5 Å². The van der Waals surface area contributed by atoms with Gasteiger partial charge in [0, 0.05) is 5.54 Å². The SMILES string of the molecule is COc1ccc2c(c1)C(=O)N(C(C)(C)CCN)C2=O. The van der Waals surface area contributed by atoms with Crippen molar-refractivity contribution in [3.8, 4) is 5.75 Å². The highest BCUT2D eigenvalue weighted by Crippen LogP contribution is 2.32. The van der Waals surface area contributed by atoms with Crippen molar-refractivity contribution in [2.45, 2.75) is 25.8 Å². The van der Waals surface area contributed by atoms with E-state index >= 15 is 0 Å². The van der Waals surface area contributed by atoms with Crippen molar-refractivity contribution in [3.63, 3.8) is 0 Å². The van der Waals surface area contributed by atoms with E-state index in [1.165, 1.54) is 12.0 Å². The van der Waals surface area contributed by atoms with Gasteiger partial charge in [-0.05, 0) is 45.0 Å². The molecular weight excluding hydrogens is 244 g/mol. The highest BCUT2D eigenvalue weighted by molar-refractivity contribution is 6.22. The van der Waals surface area contributed by atoms with Gasteiger partial charge in [-0.15, -0.1) is 0 Å². The Morgan fingerprint density at radius 1 is 1.21 bits per heavy atom. The molecule has 1 aromatic rings. The van der Waals surface area contributed by atoms with Crippen LogP contribution in [0.25, 0.3) is 0 Å². The maximum atomic E-state index is 12.4. The first-order valence-corrected chi connectivity index (χ1v) is 6.19. The van der Waals surface area contributed by atoms with E-state index in [1.54, 1.807) is 18.2 Å². The van der Waals surface area contributed by atoms with Crippen molar-refractivity contribution in [1.82, 2.24) is 4.90 Å². The Balaban J connectivity index is 2.44. The first-order valence-electron chi connectivity index (χ1n) is 6.19. The second kappa shape index (κ2) is 4.66. The number of hydrogen-bond acceptors (Lipinski definition) is 4. The molecule has 0 bridgehead atoms. The first-order chi connectivity index (χ1) is 8.92. The molecule has 0 atom stereocenters. The Labute approximate surface area is 112 Å². The number of amides is 2. The van der Waals surface area contributed by atoms with Gasteiger partial charge in [0.1, 0.15) is 5.75 Å². The van der Waals surface area contributed by atoms with Crippen molar-refractivity contribution in [1.29, 1.82) is 0 Å². The van der Waals surface area contributed by atoms with Crippen molar-refractivity contribution in [2.75, 3.05) is 13.7 Å². The Kier molecular flexibility index (Phi) is 3.32. The van der Waals surface area contributed by atoms with Crippen LogP contribution in [0.1, 0.15) is 41.0 Å². The van der Waals surface area contributed by atoms with Crippen LogP contribution in [0.5, 0.6) is 5.75 Å². The predicted molar refractivity (Wildman–Crippen MR) is 71.2 cm³/mol. The summed E-state index contributed by atoms with van der Waals surface area (Å²) in [6, 6.07) is 4.92. The van der Waals surface area contributed by atoms with E-state index in [2.05, 4.69) is 0 Å². The smallest absolute Gasteiger partial charge is 0.262 e. The van der Waals surface area contributed by atoms with E-state index in [1.807, 2.05) is 13.8 Å². The normalized spacial score (nSPS) is 14.8. The number of nitrogens with two attached hydrogens (primary N) is 1. The zero-order chi connectivity index (χ0) is 14.2. The van der Waals surface area contributed by atoms with Crippen molar-refractivity contribution < 1.29 is 14.3 Å². The molecule has 0 fully saturated rings. The largest absolute Gasteiger partial charge is 0.497 e. The van der Waals surface area contributed by atoms with Gasteiger partial charge in [0.15, 0.2) is 0 Å². The fraction of sp³-hybridized carbons (Fsp3) is 0.429. The third kappa shape index (κ3) is 2.10. The molecule has 2 N–H and O–H groups in total. The molecule has 1 aliphatic heterocycles. The lowest BCUT2D eigenvalue weighted by Gasteiger charge is -2.33. The minimum absolute atomic E-state index is 0.263. The summed E-state index contributed by atoms with van der Waals surface area (Å²) >= 11 is 0. The number of nitrogens with zero attached hydrogens (tertiary/aromatic N) is 1. The fourth-order valence-corrected chi connectivity index (χ4v) is 2.36. The quantitative estimate of drug-likeness (QED) is 0.833. The monoisotopic (exact) mass is 262 g/mol. The van der Waals surface area contributed by atoms with Crippen molar-refractivity contribution >= 4 is 11.8 Å². The molecule has 0 radical (unpaired) electrons. The summed E-state index contributed by atoms with van der Waals surface area (Å²) in [4.78, 5) is 26.1. The maximum Gasteiger partial charge on any atom is 0.262 e. The number of fused-ring (bicyclic) bond motifs is 1. The molecule has 102 valence electrons. The van der Waals surface area contributed by atoms with Crippen LogP contribution in [0.3, 0.4) is 0 Å². The summed E-state index contributed by atoms with van der Waals surface area (Å²) in [7, 11) is 1.53. The van der Waals surface area contributed by atoms with Gasteiger partial charge in [0.05, 0.1) is 18.2 Å². The van der Waals surface area contributed by atoms with E-state index in [-0.39, 0.29) is 11.8 Å². The molecule has 0 saturated heterocycles. The number of hydrogen-bond donors (Lipinski definition) is 1. The Morgan fingerprint density at radius 2 is 1.84 bits per heavy atom. The standard InChI is InChI=1S/C14H18N2O3/c1-14(2,6-7-15)16-12(17)10-5-4-9(19-3)8-11(10)13(16)18/h4-5,8H,6-7,15H2,1-3H3. The molecule has 2 rings (SSSR count). The molecule has 5 heteroatoms. The zero-order valence-electron chi connectivity index (χ0n) is 11.4. The summed E-state index contributed by atoms with van der Waals surface area (Å²) in [5, 5.41) is 0. The van der Waals surface area contributed by atoms with Crippen LogP contribution < -0.4 is 10.5 Å². The van der Waals surface area contributed by atoms with Gasteiger partial charge in [-0.25, -0.2) is 0 Å². The second-order valence-corrected chi connectivity index (χ2v) is 5.21. The molecule has 0 unspecified atom stereocenters. The maximum absolute atomic E-state index is 12.4. The summed E-state index contributed by atoms with van der Waals surface area (Å²) in [5.41, 5.74) is 5.79. The topological polar surface area (TPSA) is 72.6 Å². The van der Waals surface area contributed by atoms with Gasteiger partial charge in [-0.3, -0.25) is 14.5 Å². The molecule has 5 nitrogen and oxygen atoms in total. The number of benzene rings is 1. The molecule has 0 aliphatic carbocycles. The lowest BCUT2D eigenvalue weighted by Crippen LogP contribution is -2.48. The van der Waals surface area contributed by atoms with Crippen LogP contribution >= 0.6 is 0 Å². The summed E-state index contributed by atoms with van der Waals surface area (Å²) < 4.78 is 5.09. The van der Waals surface area contributed by atoms with E-state index < -0.39 is 5.54 Å². The molecule has 1 aliphatic rings. The molecule has 0 spiro atoms. The van der Waals surface area contributed by atoms with E-state index in [0.717, 1.165) is 0 Å². The zero-order valence-corrected chi connectivity index (χ0v) is 11.4. The summed E-state index contributed by atoms with van der Waals surface area (Å²) in [6.45, 7) is 4.11. The molecule has 0 aromatic heterocycles. The average molecular weight is 262 g/mol. The van der Waals surface area contributed by atoms with Gasteiger partial charge >= 0.3 is 0 Å². The molecule has 1 aromatic carbocycles. The summed E-state index contributed by atoms with van der Waals surface area (Å²) in [5.74, 6) is 0.0248.